The smallest absolute Gasteiger partial charge is 0.326 e. The number of carbonyl (C=O) groups is 2. The van der Waals surface area contributed by atoms with Gasteiger partial charge in [0.1, 0.15) is 11.3 Å². The summed E-state index contributed by atoms with van der Waals surface area (Å²) in [5, 5.41) is 7.79. The zero-order valence-corrected chi connectivity index (χ0v) is 18.2. The molecule has 1 aromatic carbocycles. The number of anilines is 2. The Labute approximate surface area is 185 Å². The third kappa shape index (κ3) is 3.93. The van der Waals surface area contributed by atoms with E-state index >= 15 is 0 Å². The minimum Gasteiger partial charge on any atom is -0.326 e. The number of pyridine rings is 1. The molecule has 10 nitrogen and oxygen atoms in total. The van der Waals surface area contributed by atoms with Crippen LogP contribution in [0.4, 0.5) is 10.8 Å². The van der Waals surface area contributed by atoms with E-state index in [-0.39, 0.29) is 22.6 Å². The van der Waals surface area contributed by atoms with Gasteiger partial charge in [0, 0.05) is 37.6 Å². The molecule has 4 rings (SSSR count). The first kappa shape index (κ1) is 21.1. The van der Waals surface area contributed by atoms with Crippen LogP contribution in [0.15, 0.2) is 51.4 Å². The number of aromatic nitrogens is 4. The van der Waals surface area contributed by atoms with Crippen molar-refractivity contribution in [1.82, 2.24) is 19.1 Å². The number of thiazole rings is 1. The molecule has 0 aliphatic rings. The second-order valence-electron chi connectivity index (χ2n) is 7.02. The Kier molecular flexibility index (Phi) is 5.41. The van der Waals surface area contributed by atoms with Gasteiger partial charge < -0.3 is 5.32 Å². The fourth-order valence-corrected chi connectivity index (χ4v) is 3.85. The highest BCUT2D eigenvalue weighted by Gasteiger charge is 2.15. The Morgan fingerprint density at radius 2 is 1.66 bits per heavy atom. The van der Waals surface area contributed by atoms with Gasteiger partial charge in [0.2, 0.25) is 5.91 Å². The SMILES string of the molecule is CC(=O)Nc1ccc(-c2csc(NC(=O)c3ccc4c(=O)n(C)c(=O)n(C)c4n3)n2)cc1. The molecule has 4 aromatic rings. The molecule has 11 heteroatoms. The highest BCUT2D eigenvalue weighted by atomic mass is 32.1. The summed E-state index contributed by atoms with van der Waals surface area (Å²) in [5.41, 5.74) is 1.35. The number of hydrogen-bond donors (Lipinski definition) is 2. The normalized spacial score (nSPS) is 10.8. The Morgan fingerprint density at radius 1 is 0.938 bits per heavy atom. The quantitative estimate of drug-likeness (QED) is 0.489. The van der Waals surface area contributed by atoms with Crippen molar-refractivity contribution in [2.75, 3.05) is 10.6 Å². The number of aryl methyl sites for hydroxylation is 1. The molecule has 3 aromatic heterocycles. The fraction of sp³-hybridized carbons (Fsp3) is 0.143. The number of nitrogens with one attached hydrogen (secondary N) is 2. The first-order chi connectivity index (χ1) is 15.2. The summed E-state index contributed by atoms with van der Waals surface area (Å²) in [5.74, 6) is -0.666. The van der Waals surface area contributed by atoms with Crippen molar-refractivity contribution in [3.63, 3.8) is 0 Å². The lowest BCUT2D eigenvalue weighted by molar-refractivity contribution is -0.114. The third-order valence-corrected chi connectivity index (χ3v) is 5.52. The van der Waals surface area contributed by atoms with Crippen LogP contribution in [0.25, 0.3) is 22.3 Å². The molecule has 0 saturated carbocycles. The Hall–Kier alpha value is -4.12. The van der Waals surface area contributed by atoms with Crippen LogP contribution in [-0.2, 0) is 18.9 Å². The van der Waals surface area contributed by atoms with E-state index in [4.69, 9.17) is 0 Å². The van der Waals surface area contributed by atoms with Gasteiger partial charge in [-0.25, -0.2) is 14.8 Å². The number of hydrogen-bond acceptors (Lipinski definition) is 7. The van der Waals surface area contributed by atoms with E-state index < -0.39 is 17.2 Å². The lowest BCUT2D eigenvalue weighted by Gasteiger charge is -2.08. The van der Waals surface area contributed by atoms with Crippen molar-refractivity contribution in [3.8, 4) is 11.3 Å². The molecule has 0 aliphatic heterocycles. The van der Waals surface area contributed by atoms with Crippen molar-refractivity contribution in [3.05, 3.63) is 68.3 Å². The summed E-state index contributed by atoms with van der Waals surface area (Å²) in [6.07, 6.45) is 0. The van der Waals surface area contributed by atoms with Crippen molar-refractivity contribution < 1.29 is 9.59 Å². The topological polar surface area (TPSA) is 128 Å². The number of fused-ring (bicyclic) bond motifs is 1. The molecule has 0 saturated heterocycles. The van der Waals surface area contributed by atoms with Crippen LogP contribution in [0.1, 0.15) is 17.4 Å². The van der Waals surface area contributed by atoms with E-state index in [1.807, 2.05) is 12.1 Å². The minimum absolute atomic E-state index is 0.0529. The molecule has 2 N–H and O–H groups in total. The van der Waals surface area contributed by atoms with E-state index in [1.165, 1.54) is 49.1 Å². The summed E-state index contributed by atoms with van der Waals surface area (Å²) in [7, 11) is 2.88. The van der Waals surface area contributed by atoms with Gasteiger partial charge in [-0.15, -0.1) is 11.3 Å². The van der Waals surface area contributed by atoms with Crippen LogP contribution in [0.3, 0.4) is 0 Å². The molecule has 0 unspecified atom stereocenters. The average Bonchev–Trinajstić information content (AvgIpc) is 3.24. The van der Waals surface area contributed by atoms with Crippen LogP contribution in [0, 0.1) is 0 Å². The fourth-order valence-electron chi connectivity index (χ4n) is 3.13. The van der Waals surface area contributed by atoms with Crippen molar-refractivity contribution in [2.45, 2.75) is 6.92 Å². The number of rotatable bonds is 4. The van der Waals surface area contributed by atoms with Gasteiger partial charge in [0.15, 0.2) is 5.13 Å². The molecule has 32 heavy (non-hydrogen) atoms. The van der Waals surface area contributed by atoms with E-state index in [0.29, 0.717) is 16.5 Å². The molecular formula is C21H18N6O4S. The summed E-state index contributed by atoms with van der Waals surface area (Å²) < 4.78 is 2.21. The van der Waals surface area contributed by atoms with Crippen LogP contribution >= 0.6 is 11.3 Å². The van der Waals surface area contributed by atoms with E-state index in [9.17, 15) is 19.2 Å². The first-order valence-electron chi connectivity index (χ1n) is 9.46. The second kappa shape index (κ2) is 8.19. The number of nitrogens with zero attached hydrogens (tertiary/aromatic N) is 4. The number of amides is 2. The molecule has 0 fully saturated rings. The van der Waals surface area contributed by atoms with Crippen molar-refractivity contribution >= 4 is 45.0 Å². The van der Waals surface area contributed by atoms with Gasteiger partial charge in [0.25, 0.3) is 11.5 Å². The Balaban J connectivity index is 1.57. The molecule has 0 aliphatic carbocycles. The van der Waals surface area contributed by atoms with Crippen LogP contribution in [-0.4, -0.2) is 30.9 Å². The molecule has 0 radical (unpaired) electrons. The molecule has 0 spiro atoms. The zero-order chi connectivity index (χ0) is 23.0. The second-order valence-corrected chi connectivity index (χ2v) is 7.88. The predicted octanol–water partition coefficient (Wildman–Crippen LogP) is 1.97. The maximum absolute atomic E-state index is 12.7. The highest BCUT2D eigenvalue weighted by Crippen LogP contribution is 2.26. The van der Waals surface area contributed by atoms with Gasteiger partial charge in [-0.2, -0.15) is 0 Å². The average molecular weight is 450 g/mol. The van der Waals surface area contributed by atoms with E-state index in [0.717, 1.165) is 10.1 Å². The lowest BCUT2D eigenvalue weighted by Crippen LogP contribution is -2.37. The van der Waals surface area contributed by atoms with Crippen LogP contribution in [0.5, 0.6) is 0 Å². The Morgan fingerprint density at radius 3 is 2.34 bits per heavy atom. The number of carbonyl (C=O) groups excluding carboxylic acids is 2. The highest BCUT2D eigenvalue weighted by molar-refractivity contribution is 7.14. The maximum atomic E-state index is 12.7. The van der Waals surface area contributed by atoms with Crippen LogP contribution < -0.4 is 21.9 Å². The molecule has 2 amide bonds. The zero-order valence-electron chi connectivity index (χ0n) is 17.4. The largest absolute Gasteiger partial charge is 0.332 e. The Bertz CT molecular complexity index is 1480. The molecule has 0 atom stereocenters. The third-order valence-electron chi connectivity index (χ3n) is 4.76. The molecule has 3 heterocycles. The first-order valence-corrected chi connectivity index (χ1v) is 10.3. The van der Waals surface area contributed by atoms with Gasteiger partial charge >= 0.3 is 5.69 Å². The summed E-state index contributed by atoms with van der Waals surface area (Å²) in [4.78, 5) is 56.8. The van der Waals surface area contributed by atoms with Crippen LogP contribution in [0.2, 0.25) is 0 Å². The summed E-state index contributed by atoms with van der Waals surface area (Å²) >= 11 is 1.25. The van der Waals surface area contributed by atoms with E-state index in [1.54, 1.807) is 17.5 Å². The molecular weight excluding hydrogens is 432 g/mol. The van der Waals surface area contributed by atoms with Gasteiger partial charge in [-0.05, 0) is 24.3 Å². The van der Waals surface area contributed by atoms with E-state index in [2.05, 4.69) is 20.6 Å². The maximum Gasteiger partial charge on any atom is 0.332 e. The summed E-state index contributed by atoms with van der Waals surface area (Å²) in [6, 6.07) is 10.1. The lowest BCUT2D eigenvalue weighted by atomic mass is 10.1. The monoisotopic (exact) mass is 450 g/mol. The minimum atomic E-state index is -0.526. The number of benzene rings is 1. The molecule has 162 valence electrons. The van der Waals surface area contributed by atoms with Gasteiger partial charge in [0.05, 0.1) is 11.1 Å². The van der Waals surface area contributed by atoms with Crippen molar-refractivity contribution in [1.29, 1.82) is 0 Å². The van der Waals surface area contributed by atoms with Gasteiger partial charge in [-0.3, -0.25) is 28.8 Å². The predicted molar refractivity (Wildman–Crippen MR) is 122 cm³/mol. The molecule has 0 bridgehead atoms. The van der Waals surface area contributed by atoms with Crippen molar-refractivity contribution in [2.24, 2.45) is 14.1 Å². The van der Waals surface area contributed by atoms with Gasteiger partial charge in [-0.1, -0.05) is 12.1 Å². The summed E-state index contributed by atoms with van der Waals surface area (Å²) in [6.45, 7) is 1.44. The standard InChI is InChI=1S/C21H18N6O4S/c1-11(28)22-13-6-4-12(5-7-13)16-10-32-20(24-16)25-18(29)15-9-8-14-17(23-15)26(2)21(31)27(3)19(14)30/h4-10H,1-3H3,(H,22,28)(H,24,25,29).